The molecule has 0 fully saturated rings. The molecule has 2 aromatic rings. The van der Waals surface area contributed by atoms with Gasteiger partial charge < -0.3 is 19.9 Å². The van der Waals surface area contributed by atoms with Gasteiger partial charge in [-0.2, -0.15) is 0 Å². The lowest BCUT2D eigenvalue weighted by Gasteiger charge is -2.23. The van der Waals surface area contributed by atoms with Gasteiger partial charge in [0.1, 0.15) is 12.2 Å². The van der Waals surface area contributed by atoms with E-state index in [1.807, 2.05) is 24.3 Å². The first-order valence-electron chi connectivity index (χ1n) is 10.2. The van der Waals surface area contributed by atoms with Crippen LogP contribution in [0.5, 0.6) is 0 Å². The lowest BCUT2D eigenvalue weighted by Crippen LogP contribution is -2.39. The molecule has 0 saturated carbocycles. The topological polar surface area (TPSA) is 84.9 Å². The minimum absolute atomic E-state index is 0.0258. The van der Waals surface area contributed by atoms with Crippen LogP contribution in [0, 0.1) is 0 Å². The maximum absolute atomic E-state index is 12.4. The highest BCUT2D eigenvalue weighted by Gasteiger charge is 2.29. The second kappa shape index (κ2) is 9.30. The average Bonchev–Trinajstić information content (AvgIpc) is 2.99. The van der Waals surface area contributed by atoms with Gasteiger partial charge in [-0.1, -0.05) is 48.5 Å². The molecule has 1 amide bonds. The summed E-state index contributed by atoms with van der Waals surface area (Å²) in [6.45, 7) is 5.38. The third-order valence-electron chi connectivity index (χ3n) is 4.98. The summed E-state index contributed by atoms with van der Waals surface area (Å²) in [4.78, 5) is 24.5. The molecule has 6 nitrogen and oxygen atoms in total. The Balaban J connectivity index is 1.61. The molecule has 0 aromatic heterocycles. The molecule has 1 aliphatic carbocycles. The molecule has 1 atom stereocenters. The lowest BCUT2D eigenvalue weighted by molar-refractivity contribution is -0.155. The first-order valence-corrected chi connectivity index (χ1v) is 10.2. The molecule has 30 heavy (non-hydrogen) atoms. The Bertz CT molecular complexity index is 857. The van der Waals surface area contributed by atoms with Gasteiger partial charge in [-0.15, -0.1) is 0 Å². The summed E-state index contributed by atoms with van der Waals surface area (Å²) >= 11 is 0. The molecule has 0 radical (unpaired) electrons. The summed E-state index contributed by atoms with van der Waals surface area (Å²) in [6.07, 6.45) is -0.398. The van der Waals surface area contributed by atoms with Crippen molar-refractivity contribution in [3.63, 3.8) is 0 Å². The number of nitrogens with one attached hydrogen (secondary N) is 1. The normalized spacial score (nSPS) is 13.9. The Labute approximate surface area is 177 Å². The van der Waals surface area contributed by atoms with Crippen molar-refractivity contribution >= 4 is 12.1 Å². The van der Waals surface area contributed by atoms with Gasteiger partial charge in [0.25, 0.3) is 0 Å². The van der Waals surface area contributed by atoms with Gasteiger partial charge in [0.2, 0.25) is 0 Å². The number of rotatable bonds is 7. The van der Waals surface area contributed by atoms with Crippen LogP contribution in [-0.2, 0) is 14.3 Å². The quantitative estimate of drug-likeness (QED) is 0.673. The van der Waals surface area contributed by atoms with Gasteiger partial charge in [0.05, 0.1) is 6.42 Å². The third-order valence-corrected chi connectivity index (χ3v) is 4.98. The highest BCUT2D eigenvalue weighted by molar-refractivity contribution is 5.79. The SMILES string of the molecule is CC(C)(C)OC(=O)C[C@@H](CCO)NC(=O)OCC1c2ccccc2-c2ccccc21. The van der Waals surface area contributed by atoms with E-state index < -0.39 is 23.7 Å². The van der Waals surface area contributed by atoms with Crippen molar-refractivity contribution in [2.24, 2.45) is 0 Å². The first kappa shape index (κ1) is 21.8. The molecule has 1 aliphatic rings. The number of amides is 1. The zero-order valence-corrected chi connectivity index (χ0v) is 17.7. The fourth-order valence-corrected chi connectivity index (χ4v) is 3.77. The van der Waals surface area contributed by atoms with Crippen LogP contribution in [0.15, 0.2) is 48.5 Å². The van der Waals surface area contributed by atoms with Crippen molar-refractivity contribution in [2.75, 3.05) is 13.2 Å². The number of hydrogen-bond acceptors (Lipinski definition) is 5. The van der Waals surface area contributed by atoms with Crippen LogP contribution in [0.4, 0.5) is 4.79 Å². The van der Waals surface area contributed by atoms with Crippen LogP contribution in [0.3, 0.4) is 0 Å². The molecule has 0 spiro atoms. The zero-order valence-electron chi connectivity index (χ0n) is 17.7. The van der Waals surface area contributed by atoms with Crippen molar-refractivity contribution in [2.45, 2.75) is 51.2 Å². The van der Waals surface area contributed by atoms with Gasteiger partial charge in [0, 0.05) is 18.6 Å². The van der Waals surface area contributed by atoms with Crippen molar-refractivity contribution in [1.82, 2.24) is 5.32 Å². The van der Waals surface area contributed by atoms with Gasteiger partial charge in [-0.3, -0.25) is 4.79 Å². The average molecular weight is 411 g/mol. The Kier molecular flexibility index (Phi) is 6.77. The largest absolute Gasteiger partial charge is 0.460 e. The van der Waals surface area contributed by atoms with E-state index in [2.05, 4.69) is 29.6 Å². The third kappa shape index (κ3) is 5.39. The fourth-order valence-electron chi connectivity index (χ4n) is 3.77. The Morgan fingerprint density at radius 3 is 2.13 bits per heavy atom. The van der Waals surface area contributed by atoms with Crippen LogP contribution >= 0.6 is 0 Å². The number of hydrogen-bond donors (Lipinski definition) is 2. The van der Waals surface area contributed by atoms with E-state index in [0.717, 1.165) is 22.3 Å². The van der Waals surface area contributed by atoms with Crippen LogP contribution in [0.2, 0.25) is 0 Å². The number of aliphatic hydroxyl groups excluding tert-OH is 1. The fraction of sp³-hybridized carbons (Fsp3) is 0.417. The number of benzene rings is 2. The van der Waals surface area contributed by atoms with E-state index in [0.29, 0.717) is 0 Å². The van der Waals surface area contributed by atoms with Crippen LogP contribution in [0.25, 0.3) is 11.1 Å². The smallest absolute Gasteiger partial charge is 0.407 e. The van der Waals surface area contributed by atoms with Crippen molar-refractivity contribution < 1.29 is 24.2 Å². The first-order chi connectivity index (χ1) is 14.3. The van der Waals surface area contributed by atoms with Gasteiger partial charge in [0.15, 0.2) is 0 Å². The molecule has 0 bridgehead atoms. The van der Waals surface area contributed by atoms with E-state index in [9.17, 15) is 14.7 Å². The number of carbonyl (C=O) groups excluding carboxylic acids is 2. The summed E-state index contributed by atoms with van der Waals surface area (Å²) in [5.74, 6) is -0.467. The highest BCUT2D eigenvalue weighted by atomic mass is 16.6. The van der Waals surface area contributed by atoms with Crippen LogP contribution < -0.4 is 5.32 Å². The van der Waals surface area contributed by atoms with E-state index >= 15 is 0 Å². The maximum atomic E-state index is 12.4. The Morgan fingerprint density at radius 1 is 1.03 bits per heavy atom. The van der Waals surface area contributed by atoms with Gasteiger partial charge in [-0.25, -0.2) is 4.79 Å². The minimum atomic E-state index is -0.612. The molecule has 2 aromatic carbocycles. The minimum Gasteiger partial charge on any atom is -0.460 e. The number of ether oxygens (including phenoxy) is 2. The van der Waals surface area contributed by atoms with E-state index in [4.69, 9.17) is 9.47 Å². The monoisotopic (exact) mass is 411 g/mol. The lowest BCUT2D eigenvalue weighted by atomic mass is 9.98. The molecule has 0 unspecified atom stereocenters. The molecule has 0 heterocycles. The number of alkyl carbamates (subject to hydrolysis) is 1. The van der Waals surface area contributed by atoms with E-state index in [1.54, 1.807) is 20.8 Å². The molecular formula is C24H29NO5. The Morgan fingerprint density at radius 2 is 1.60 bits per heavy atom. The van der Waals surface area contributed by atoms with Crippen LogP contribution in [0.1, 0.15) is 50.7 Å². The number of aliphatic hydroxyl groups is 1. The number of esters is 1. The Hall–Kier alpha value is -2.86. The van der Waals surface area contributed by atoms with Crippen molar-refractivity contribution in [3.05, 3.63) is 59.7 Å². The molecule has 6 heteroatoms. The molecule has 160 valence electrons. The van der Waals surface area contributed by atoms with Crippen molar-refractivity contribution in [3.8, 4) is 11.1 Å². The molecule has 0 aliphatic heterocycles. The van der Waals surface area contributed by atoms with Crippen molar-refractivity contribution in [1.29, 1.82) is 0 Å². The predicted molar refractivity (Wildman–Crippen MR) is 114 cm³/mol. The predicted octanol–water partition coefficient (Wildman–Crippen LogP) is 4.01. The number of carbonyl (C=O) groups is 2. The van der Waals surface area contributed by atoms with E-state index in [1.165, 1.54) is 0 Å². The summed E-state index contributed by atoms with van der Waals surface area (Å²) in [7, 11) is 0. The zero-order chi connectivity index (χ0) is 21.7. The van der Waals surface area contributed by atoms with E-state index in [-0.39, 0.29) is 32.0 Å². The highest BCUT2D eigenvalue weighted by Crippen LogP contribution is 2.44. The molecular weight excluding hydrogens is 382 g/mol. The summed E-state index contributed by atoms with van der Waals surface area (Å²) < 4.78 is 10.8. The number of fused-ring (bicyclic) bond motifs is 3. The molecule has 2 N–H and O–H groups in total. The summed E-state index contributed by atoms with van der Waals surface area (Å²) in [5, 5.41) is 12.0. The summed E-state index contributed by atoms with van der Waals surface area (Å²) in [6, 6.07) is 15.7. The van der Waals surface area contributed by atoms with Gasteiger partial charge >= 0.3 is 12.1 Å². The summed E-state index contributed by atoms with van der Waals surface area (Å²) in [5.41, 5.74) is 3.97. The second-order valence-corrected chi connectivity index (χ2v) is 8.47. The standard InChI is InChI=1S/C24H29NO5/c1-24(2,3)30-22(27)14-16(12-13-26)25-23(28)29-15-21-19-10-6-4-8-17(19)18-9-5-7-11-20(18)21/h4-11,16,21,26H,12-15H2,1-3H3,(H,25,28)/t16-/m1/s1. The van der Waals surface area contributed by atoms with Crippen LogP contribution in [-0.4, -0.2) is 42.0 Å². The second-order valence-electron chi connectivity index (χ2n) is 8.47. The van der Waals surface area contributed by atoms with Gasteiger partial charge in [-0.05, 0) is 49.4 Å². The molecule has 3 rings (SSSR count). The molecule has 0 saturated heterocycles. The maximum Gasteiger partial charge on any atom is 0.407 e.